The molecule has 0 aliphatic carbocycles. The summed E-state index contributed by atoms with van der Waals surface area (Å²) in [6.45, 7) is 0.697. The van der Waals surface area contributed by atoms with Gasteiger partial charge in [-0.05, 0) is 42.7 Å². The van der Waals surface area contributed by atoms with E-state index < -0.39 is 4.92 Å². The highest BCUT2D eigenvalue weighted by Crippen LogP contribution is 2.32. The third-order valence-electron chi connectivity index (χ3n) is 3.93. The number of carbonyl (C=O) groups is 1. The molecule has 112 valence electrons. The predicted molar refractivity (Wildman–Crippen MR) is 80.3 cm³/mol. The van der Waals surface area contributed by atoms with E-state index in [9.17, 15) is 14.9 Å². The molecule has 0 N–H and O–H groups in total. The Hall–Kier alpha value is -2.76. The van der Waals surface area contributed by atoms with Gasteiger partial charge in [-0.1, -0.05) is 0 Å². The summed E-state index contributed by atoms with van der Waals surface area (Å²) in [7, 11) is 0. The van der Waals surface area contributed by atoms with Crippen LogP contribution in [-0.4, -0.2) is 27.3 Å². The average Bonchev–Trinajstić information content (AvgIpc) is 3.04. The van der Waals surface area contributed by atoms with Crippen molar-refractivity contribution in [3.05, 3.63) is 70.0 Å². The third-order valence-corrected chi connectivity index (χ3v) is 3.93. The van der Waals surface area contributed by atoms with Crippen molar-refractivity contribution in [1.82, 2.24) is 9.88 Å². The Balaban J connectivity index is 1.83. The lowest BCUT2D eigenvalue weighted by Gasteiger charge is -2.25. The van der Waals surface area contributed by atoms with Crippen molar-refractivity contribution in [3.63, 3.8) is 0 Å². The molecule has 22 heavy (non-hydrogen) atoms. The van der Waals surface area contributed by atoms with Crippen LogP contribution in [0.5, 0.6) is 0 Å². The van der Waals surface area contributed by atoms with E-state index >= 15 is 0 Å². The van der Waals surface area contributed by atoms with Gasteiger partial charge < -0.3 is 4.90 Å². The summed E-state index contributed by atoms with van der Waals surface area (Å²) in [6, 6.07) is 9.66. The zero-order valence-electron chi connectivity index (χ0n) is 11.9. The van der Waals surface area contributed by atoms with E-state index in [0.29, 0.717) is 12.1 Å². The molecule has 2 heterocycles. The summed E-state index contributed by atoms with van der Waals surface area (Å²) < 4.78 is 0. The molecule has 1 atom stereocenters. The van der Waals surface area contributed by atoms with Gasteiger partial charge in [-0.3, -0.25) is 19.9 Å². The zero-order valence-corrected chi connectivity index (χ0v) is 11.9. The lowest BCUT2D eigenvalue weighted by atomic mass is 10.1. The van der Waals surface area contributed by atoms with Gasteiger partial charge in [-0.2, -0.15) is 0 Å². The largest absolute Gasteiger partial charge is 0.332 e. The quantitative estimate of drug-likeness (QED) is 0.644. The lowest BCUT2D eigenvalue weighted by Crippen LogP contribution is -2.30. The van der Waals surface area contributed by atoms with E-state index in [1.807, 2.05) is 17.0 Å². The molecule has 1 aliphatic heterocycles. The Labute approximate surface area is 127 Å². The van der Waals surface area contributed by atoms with Gasteiger partial charge >= 0.3 is 0 Å². The molecule has 6 nitrogen and oxygen atoms in total. The SMILES string of the molecule is O=C(c1ccc([N+](=O)[O-])cc1)N1CCCC1c1ccncc1. The van der Waals surface area contributed by atoms with E-state index in [0.717, 1.165) is 18.4 Å². The average molecular weight is 297 g/mol. The lowest BCUT2D eigenvalue weighted by molar-refractivity contribution is -0.384. The predicted octanol–water partition coefficient (Wildman–Crippen LogP) is 2.97. The number of nitro benzene ring substituents is 1. The normalized spacial score (nSPS) is 17.5. The second-order valence-corrected chi connectivity index (χ2v) is 5.24. The highest BCUT2D eigenvalue weighted by atomic mass is 16.6. The van der Waals surface area contributed by atoms with E-state index in [2.05, 4.69) is 4.98 Å². The second kappa shape index (κ2) is 5.93. The molecule has 1 amide bonds. The summed E-state index contributed by atoms with van der Waals surface area (Å²) in [4.78, 5) is 28.7. The highest BCUT2D eigenvalue weighted by molar-refractivity contribution is 5.94. The molecule has 6 heteroatoms. The molecule has 0 bridgehead atoms. The molecule has 3 rings (SSSR count). The first-order chi connectivity index (χ1) is 10.7. The minimum atomic E-state index is -0.468. The first kappa shape index (κ1) is 14.2. The number of likely N-dealkylation sites (tertiary alicyclic amines) is 1. The Morgan fingerprint density at radius 1 is 1.18 bits per heavy atom. The monoisotopic (exact) mass is 297 g/mol. The number of hydrogen-bond acceptors (Lipinski definition) is 4. The van der Waals surface area contributed by atoms with Crippen LogP contribution in [0.25, 0.3) is 0 Å². The van der Waals surface area contributed by atoms with Crippen LogP contribution in [0.4, 0.5) is 5.69 Å². The maximum absolute atomic E-state index is 12.7. The fourth-order valence-electron chi connectivity index (χ4n) is 2.83. The fraction of sp³-hybridized carbons (Fsp3) is 0.250. The number of rotatable bonds is 3. The van der Waals surface area contributed by atoms with Gasteiger partial charge in [0, 0.05) is 36.6 Å². The molecular formula is C16H15N3O3. The Morgan fingerprint density at radius 2 is 1.86 bits per heavy atom. The van der Waals surface area contributed by atoms with Crippen LogP contribution in [-0.2, 0) is 0 Å². The molecule has 1 aromatic carbocycles. The van der Waals surface area contributed by atoms with Crippen molar-refractivity contribution in [2.45, 2.75) is 18.9 Å². The van der Waals surface area contributed by atoms with E-state index in [1.165, 1.54) is 24.3 Å². The fourth-order valence-corrected chi connectivity index (χ4v) is 2.83. The number of aromatic nitrogens is 1. The molecule has 1 aliphatic rings. The minimum absolute atomic E-state index is 0.0105. The van der Waals surface area contributed by atoms with Gasteiger partial charge in [0.05, 0.1) is 11.0 Å². The number of amides is 1. The number of non-ortho nitro benzene ring substituents is 1. The van der Waals surface area contributed by atoms with Crippen LogP contribution in [0.15, 0.2) is 48.8 Å². The van der Waals surface area contributed by atoms with Crippen molar-refractivity contribution >= 4 is 11.6 Å². The Morgan fingerprint density at radius 3 is 2.50 bits per heavy atom. The van der Waals surface area contributed by atoms with Gasteiger partial charge in [0.15, 0.2) is 0 Å². The number of carbonyl (C=O) groups excluding carboxylic acids is 1. The second-order valence-electron chi connectivity index (χ2n) is 5.24. The van der Waals surface area contributed by atoms with Crippen LogP contribution >= 0.6 is 0 Å². The van der Waals surface area contributed by atoms with Crippen LogP contribution < -0.4 is 0 Å². The van der Waals surface area contributed by atoms with Crippen molar-refractivity contribution < 1.29 is 9.72 Å². The molecule has 0 radical (unpaired) electrons. The van der Waals surface area contributed by atoms with Crippen LogP contribution in [0.1, 0.15) is 34.8 Å². The number of nitrogens with zero attached hydrogens (tertiary/aromatic N) is 3. The van der Waals surface area contributed by atoms with Crippen LogP contribution in [0.2, 0.25) is 0 Å². The van der Waals surface area contributed by atoms with E-state index in [1.54, 1.807) is 12.4 Å². The first-order valence-electron chi connectivity index (χ1n) is 7.12. The van der Waals surface area contributed by atoms with E-state index in [-0.39, 0.29) is 17.6 Å². The van der Waals surface area contributed by atoms with Crippen molar-refractivity contribution in [1.29, 1.82) is 0 Å². The Kier molecular flexibility index (Phi) is 3.82. The third kappa shape index (κ3) is 2.67. The number of hydrogen-bond donors (Lipinski definition) is 0. The van der Waals surface area contributed by atoms with Crippen LogP contribution in [0.3, 0.4) is 0 Å². The minimum Gasteiger partial charge on any atom is -0.332 e. The van der Waals surface area contributed by atoms with Gasteiger partial charge in [0.1, 0.15) is 0 Å². The summed E-state index contributed by atoms with van der Waals surface area (Å²) in [5.41, 5.74) is 1.54. The summed E-state index contributed by atoms with van der Waals surface area (Å²) in [5.74, 6) is -0.0887. The van der Waals surface area contributed by atoms with Gasteiger partial charge in [0.25, 0.3) is 11.6 Å². The van der Waals surface area contributed by atoms with Crippen molar-refractivity contribution in [2.24, 2.45) is 0 Å². The van der Waals surface area contributed by atoms with Gasteiger partial charge in [-0.25, -0.2) is 0 Å². The maximum Gasteiger partial charge on any atom is 0.269 e. The smallest absolute Gasteiger partial charge is 0.269 e. The molecule has 1 aromatic heterocycles. The summed E-state index contributed by atoms with van der Waals surface area (Å²) in [5, 5.41) is 10.7. The molecule has 0 spiro atoms. The Bertz CT molecular complexity index is 686. The maximum atomic E-state index is 12.7. The molecular weight excluding hydrogens is 282 g/mol. The standard InChI is InChI=1S/C16H15N3O3/c20-16(13-3-5-14(6-4-13)19(21)22)18-11-1-2-15(18)12-7-9-17-10-8-12/h3-10,15H,1-2,11H2. The molecule has 1 fully saturated rings. The number of pyridine rings is 1. The van der Waals surface area contributed by atoms with E-state index in [4.69, 9.17) is 0 Å². The molecule has 1 saturated heterocycles. The number of benzene rings is 1. The van der Waals surface area contributed by atoms with Crippen molar-refractivity contribution in [3.8, 4) is 0 Å². The molecule has 1 unspecified atom stereocenters. The molecule has 0 saturated carbocycles. The van der Waals surface area contributed by atoms with Crippen LogP contribution in [0, 0.1) is 10.1 Å². The highest BCUT2D eigenvalue weighted by Gasteiger charge is 2.30. The summed E-state index contributed by atoms with van der Waals surface area (Å²) in [6.07, 6.45) is 5.32. The summed E-state index contributed by atoms with van der Waals surface area (Å²) >= 11 is 0. The first-order valence-corrected chi connectivity index (χ1v) is 7.12. The van der Waals surface area contributed by atoms with Gasteiger partial charge in [-0.15, -0.1) is 0 Å². The topological polar surface area (TPSA) is 76.3 Å². The zero-order chi connectivity index (χ0) is 15.5. The number of nitro groups is 1. The molecule has 2 aromatic rings. The van der Waals surface area contributed by atoms with Gasteiger partial charge in [0.2, 0.25) is 0 Å². The van der Waals surface area contributed by atoms with Crippen molar-refractivity contribution in [2.75, 3.05) is 6.54 Å².